The van der Waals surface area contributed by atoms with Crippen molar-refractivity contribution in [2.75, 3.05) is 19.7 Å². The van der Waals surface area contributed by atoms with E-state index in [1.807, 2.05) is 13.8 Å². The van der Waals surface area contributed by atoms with Gasteiger partial charge in [-0.1, -0.05) is 19.9 Å². The summed E-state index contributed by atoms with van der Waals surface area (Å²) >= 11 is 0. The Hall–Kier alpha value is -2.58. The first-order valence-corrected chi connectivity index (χ1v) is 9.81. The van der Waals surface area contributed by atoms with Gasteiger partial charge in [0.25, 0.3) is 0 Å². The molecule has 1 atom stereocenters. The van der Waals surface area contributed by atoms with Gasteiger partial charge in [-0.05, 0) is 40.0 Å². The van der Waals surface area contributed by atoms with E-state index in [-0.39, 0.29) is 43.8 Å². The lowest BCUT2D eigenvalue weighted by Gasteiger charge is -2.21. The van der Waals surface area contributed by atoms with Crippen LogP contribution in [-0.4, -0.2) is 55.2 Å². The fourth-order valence-corrected chi connectivity index (χ4v) is 2.19. The first kappa shape index (κ1) is 26.4. The third-order valence-electron chi connectivity index (χ3n) is 3.31. The molecule has 0 radical (unpaired) electrons. The smallest absolute Gasteiger partial charge is 0.407 e. The molecule has 1 unspecified atom stereocenters. The number of amides is 3. The summed E-state index contributed by atoms with van der Waals surface area (Å²) in [6.07, 6.45) is 2.59. The Kier molecular flexibility index (Phi) is 12.4. The number of rotatable bonds is 11. The van der Waals surface area contributed by atoms with E-state index in [1.54, 1.807) is 27.7 Å². The summed E-state index contributed by atoms with van der Waals surface area (Å²) in [5.74, 6) is -1.00. The maximum atomic E-state index is 12.4. The highest BCUT2D eigenvalue weighted by Gasteiger charge is 2.21. The third kappa shape index (κ3) is 15.1. The molecule has 0 aromatic rings. The molecule has 0 bridgehead atoms. The summed E-state index contributed by atoms with van der Waals surface area (Å²) in [5.41, 5.74) is -0.617. The maximum Gasteiger partial charge on any atom is 0.407 e. The second-order valence-corrected chi connectivity index (χ2v) is 7.83. The molecule has 0 aliphatic rings. The zero-order valence-corrected chi connectivity index (χ0v) is 18.3. The van der Waals surface area contributed by atoms with E-state index >= 15 is 0 Å². The minimum absolute atomic E-state index is 0.0177. The van der Waals surface area contributed by atoms with Crippen LogP contribution < -0.4 is 16.0 Å². The third-order valence-corrected chi connectivity index (χ3v) is 3.31. The first-order valence-electron chi connectivity index (χ1n) is 9.81. The van der Waals surface area contributed by atoms with Gasteiger partial charge in [0.1, 0.15) is 11.6 Å². The van der Waals surface area contributed by atoms with Crippen LogP contribution in [0.4, 0.5) is 4.79 Å². The normalized spacial score (nSPS) is 12.4. The number of carbonyl (C=O) groups is 4. The lowest BCUT2D eigenvalue weighted by atomic mass is 10.0. The molecule has 0 aromatic heterocycles. The highest BCUT2D eigenvalue weighted by Crippen LogP contribution is 2.07. The van der Waals surface area contributed by atoms with Crippen molar-refractivity contribution in [1.82, 2.24) is 16.0 Å². The highest BCUT2D eigenvalue weighted by atomic mass is 16.6. The van der Waals surface area contributed by atoms with Crippen molar-refractivity contribution < 1.29 is 28.7 Å². The van der Waals surface area contributed by atoms with Crippen LogP contribution in [0.5, 0.6) is 0 Å². The molecule has 3 N–H and O–H groups in total. The quantitative estimate of drug-likeness (QED) is 0.350. The van der Waals surface area contributed by atoms with Crippen LogP contribution in [0.1, 0.15) is 54.4 Å². The zero-order chi connectivity index (χ0) is 22.4. The average Bonchev–Trinajstić information content (AvgIpc) is 2.56. The van der Waals surface area contributed by atoms with Crippen LogP contribution in [0, 0.1) is 5.92 Å². The minimum atomic E-state index is -0.708. The summed E-state index contributed by atoms with van der Waals surface area (Å²) in [5, 5.41) is 7.83. The lowest BCUT2D eigenvalue weighted by molar-refractivity contribution is -0.137. The average molecular weight is 414 g/mol. The Morgan fingerprint density at radius 2 is 1.72 bits per heavy atom. The largest absolute Gasteiger partial charge is 0.463 e. The van der Waals surface area contributed by atoms with Gasteiger partial charge in [0.05, 0.1) is 6.61 Å². The van der Waals surface area contributed by atoms with Gasteiger partial charge in [-0.15, -0.1) is 0 Å². The molecule has 0 spiro atoms. The van der Waals surface area contributed by atoms with Gasteiger partial charge in [-0.2, -0.15) is 0 Å². The molecule has 0 fully saturated rings. The summed E-state index contributed by atoms with van der Waals surface area (Å²) in [6.45, 7) is 11.3. The molecular formula is C20H35N3O6. The molecule has 0 saturated heterocycles. The van der Waals surface area contributed by atoms with E-state index in [0.29, 0.717) is 6.42 Å². The molecule has 0 aliphatic carbocycles. The molecule has 0 aromatic carbocycles. The molecule has 0 rings (SSSR count). The van der Waals surface area contributed by atoms with Crippen molar-refractivity contribution in [3.05, 3.63) is 12.2 Å². The fraction of sp³-hybridized carbons (Fsp3) is 0.700. The van der Waals surface area contributed by atoms with Crippen LogP contribution in [0.15, 0.2) is 12.2 Å². The number of ether oxygens (including phenoxy) is 2. The molecule has 9 nitrogen and oxygen atoms in total. The predicted molar refractivity (Wildman–Crippen MR) is 109 cm³/mol. The summed E-state index contributed by atoms with van der Waals surface area (Å²) in [7, 11) is 0. The van der Waals surface area contributed by atoms with E-state index in [1.165, 1.54) is 12.2 Å². The van der Waals surface area contributed by atoms with Crippen LogP contribution >= 0.6 is 0 Å². The Morgan fingerprint density at radius 3 is 2.28 bits per heavy atom. The first-order chi connectivity index (χ1) is 13.4. The number of esters is 1. The van der Waals surface area contributed by atoms with E-state index in [4.69, 9.17) is 9.47 Å². The van der Waals surface area contributed by atoms with Gasteiger partial charge in [-0.25, -0.2) is 9.59 Å². The van der Waals surface area contributed by atoms with E-state index in [2.05, 4.69) is 16.0 Å². The van der Waals surface area contributed by atoms with E-state index in [9.17, 15) is 19.2 Å². The standard InChI is InChI=1S/C20H35N3O6/c1-7-28-17(25)9-8-11-21-18(26)15(13-14(2)3)23-16(24)10-12-22-19(27)29-20(4,5)6/h8-9,14-15H,7,10-13H2,1-6H3,(H,21,26)(H,22,27)(H,23,24). The van der Waals surface area contributed by atoms with Crippen LogP contribution in [0.3, 0.4) is 0 Å². The minimum Gasteiger partial charge on any atom is -0.463 e. The second kappa shape index (κ2) is 13.6. The van der Waals surface area contributed by atoms with Crippen molar-refractivity contribution in [1.29, 1.82) is 0 Å². The second-order valence-electron chi connectivity index (χ2n) is 7.83. The highest BCUT2D eigenvalue weighted by molar-refractivity contribution is 5.88. The van der Waals surface area contributed by atoms with Gasteiger partial charge < -0.3 is 25.4 Å². The van der Waals surface area contributed by atoms with Crippen LogP contribution in [-0.2, 0) is 23.9 Å². The van der Waals surface area contributed by atoms with E-state index < -0.39 is 23.7 Å². The number of alkyl carbamates (subject to hydrolysis) is 1. The predicted octanol–water partition coefficient (Wildman–Crippen LogP) is 1.67. The van der Waals surface area contributed by atoms with Gasteiger partial charge >= 0.3 is 12.1 Å². The zero-order valence-electron chi connectivity index (χ0n) is 18.3. The van der Waals surface area contributed by atoms with Crippen LogP contribution in [0.25, 0.3) is 0 Å². The van der Waals surface area contributed by atoms with E-state index in [0.717, 1.165) is 0 Å². The van der Waals surface area contributed by atoms with Crippen molar-refractivity contribution >= 4 is 23.9 Å². The van der Waals surface area contributed by atoms with Crippen molar-refractivity contribution in [2.45, 2.75) is 66.0 Å². The molecule has 0 aliphatic heterocycles. The number of hydrogen-bond donors (Lipinski definition) is 3. The Balaban J connectivity index is 4.47. The fourth-order valence-electron chi connectivity index (χ4n) is 2.19. The Labute approximate surface area is 173 Å². The molecule has 166 valence electrons. The Bertz CT molecular complexity index is 581. The van der Waals surface area contributed by atoms with Crippen molar-refractivity contribution in [3.63, 3.8) is 0 Å². The molecule has 0 heterocycles. The van der Waals surface area contributed by atoms with Crippen LogP contribution in [0.2, 0.25) is 0 Å². The van der Waals surface area contributed by atoms with Crippen molar-refractivity contribution in [2.24, 2.45) is 5.92 Å². The van der Waals surface area contributed by atoms with Gasteiger partial charge in [0.2, 0.25) is 11.8 Å². The number of carbonyl (C=O) groups excluding carboxylic acids is 4. The summed E-state index contributed by atoms with van der Waals surface area (Å²) < 4.78 is 9.84. The molecular weight excluding hydrogens is 378 g/mol. The molecule has 0 saturated carbocycles. The van der Waals surface area contributed by atoms with Gasteiger partial charge in [0, 0.05) is 25.6 Å². The number of hydrogen-bond acceptors (Lipinski definition) is 6. The van der Waals surface area contributed by atoms with Gasteiger partial charge in [-0.3, -0.25) is 9.59 Å². The topological polar surface area (TPSA) is 123 Å². The summed E-state index contributed by atoms with van der Waals surface area (Å²) in [6, 6.07) is -0.708. The monoisotopic (exact) mass is 413 g/mol. The maximum absolute atomic E-state index is 12.4. The number of nitrogens with one attached hydrogen (secondary N) is 3. The Morgan fingerprint density at radius 1 is 1.07 bits per heavy atom. The summed E-state index contributed by atoms with van der Waals surface area (Å²) in [4.78, 5) is 47.3. The molecule has 3 amide bonds. The van der Waals surface area contributed by atoms with Crippen molar-refractivity contribution in [3.8, 4) is 0 Å². The molecule has 29 heavy (non-hydrogen) atoms. The molecule has 9 heteroatoms. The van der Waals surface area contributed by atoms with Gasteiger partial charge in [0.15, 0.2) is 0 Å². The lowest BCUT2D eigenvalue weighted by Crippen LogP contribution is -2.48. The SMILES string of the molecule is CCOC(=O)C=CCNC(=O)C(CC(C)C)NC(=O)CCNC(=O)OC(C)(C)C.